The Balaban J connectivity index is 1.09. The highest BCUT2D eigenvalue weighted by Gasteiger charge is 2.10. The number of amides is 2. The Morgan fingerprint density at radius 3 is 1.86 bits per heavy atom. The van der Waals surface area contributed by atoms with Gasteiger partial charge in [-0.2, -0.15) is 15.0 Å². The van der Waals surface area contributed by atoms with Crippen molar-refractivity contribution in [1.82, 2.24) is 25.6 Å². The molecule has 1 aromatic heterocycles. The number of rotatable bonds is 18. The summed E-state index contributed by atoms with van der Waals surface area (Å²) in [5.74, 6) is 0.687. The minimum Gasteiger partial charge on any atom is -0.508 e. The van der Waals surface area contributed by atoms with E-state index in [0.29, 0.717) is 74.5 Å². The van der Waals surface area contributed by atoms with Gasteiger partial charge in [0.1, 0.15) is 5.75 Å². The molecule has 0 bridgehead atoms. The molecule has 5 aromatic rings. The molecule has 258 valence electrons. The van der Waals surface area contributed by atoms with Gasteiger partial charge in [0, 0.05) is 42.1 Å². The Morgan fingerprint density at radius 2 is 1.20 bits per heavy atom. The maximum Gasteiger partial charge on any atom is 0.251 e. The smallest absolute Gasteiger partial charge is 0.251 e. The third-order valence-corrected chi connectivity index (χ3v) is 7.17. The molecule has 0 atom stereocenters. The number of phenolic OH excluding ortho intramolecular Hbond substituents is 1. The Labute approximate surface area is 290 Å². The average Bonchev–Trinajstić information content (AvgIpc) is 3.13. The van der Waals surface area contributed by atoms with Gasteiger partial charge >= 0.3 is 0 Å². The number of nitrogens with one attached hydrogen (secondary N) is 5. The maximum atomic E-state index is 12.7. The zero-order valence-corrected chi connectivity index (χ0v) is 27.7. The number of aromatic nitrogens is 3. The van der Waals surface area contributed by atoms with E-state index >= 15 is 0 Å². The van der Waals surface area contributed by atoms with Crippen molar-refractivity contribution < 1.29 is 24.2 Å². The predicted octanol–water partition coefficient (Wildman–Crippen LogP) is 5.18. The van der Waals surface area contributed by atoms with Crippen LogP contribution in [0.15, 0.2) is 103 Å². The largest absolute Gasteiger partial charge is 0.508 e. The van der Waals surface area contributed by atoms with Crippen molar-refractivity contribution in [3.8, 4) is 5.75 Å². The van der Waals surface area contributed by atoms with Crippen molar-refractivity contribution in [1.29, 1.82) is 0 Å². The Kier molecular flexibility index (Phi) is 13.0. The number of carbonyl (C=O) groups is 2. The lowest BCUT2D eigenvalue weighted by molar-refractivity contribution is 0.0519. The lowest BCUT2D eigenvalue weighted by Crippen LogP contribution is -2.27. The summed E-state index contributed by atoms with van der Waals surface area (Å²) in [6.07, 6.45) is 0. The zero-order chi connectivity index (χ0) is 35.0. The molecular formula is C37H40N8O5. The van der Waals surface area contributed by atoms with Gasteiger partial charge in [-0.3, -0.25) is 9.59 Å². The van der Waals surface area contributed by atoms with Crippen molar-refractivity contribution in [2.45, 2.75) is 13.5 Å². The summed E-state index contributed by atoms with van der Waals surface area (Å²) in [5, 5.41) is 24.9. The van der Waals surface area contributed by atoms with Gasteiger partial charge in [-0.05, 0) is 73.2 Å². The van der Waals surface area contributed by atoms with Crippen LogP contribution in [0.2, 0.25) is 0 Å². The van der Waals surface area contributed by atoms with Crippen LogP contribution in [0.3, 0.4) is 0 Å². The molecule has 0 aliphatic rings. The average molecular weight is 677 g/mol. The topological polar surface area (TPSA) is 172 Å². The van der Waals surface area contributed by atoms with Crippen LogP contribution in [-0.4, -0.2) is 71.4 Å². The van der Waals surface area contributed by atoms with Gasteiger partial charge in [0.05, 0.1) is 26.4 Å². The second-order valence-electron chi connectivity index (χ2n) is 11.1. The first-order chi connectivity index (χ1) is 24.4. The zero-order valence-electron chi connectivity index (χ0n) is 27.7. The molecule has 1 heterocycles. The van der Waals surface area contributed by atoms with Crippen LogP contribution in [0.4, 0.5) is 29.2 Å². The molecule has 2 amide bonds. The number of anilines is 5. The van der Waals surface area contributed by atoms with Gasteiger partial charge in [-0.25, -0.2) is 0 Å². The summed E-state index contributed by atoms with van der Waals surface area (Å²) in [7, 11) is 0. The van der Waals surface area contributed by atoms with Crippen LogP contribution in [0.5, 0.6) is 5.75 Å². The van der Waals surface area contributed by atoms with E-state index in [2.05, 4.69) is 41.5 Å². The second kappa shape index (κ2) is 18.5. The van der Waals surface area contributed by atoms with E-state index in [-0.39, 0.29) is 29.5 Å². The van der Waals surface area contributed by atoms with E-state index in [1.165, 1.54) is 0 Å². The number of benzene rings is 4. The van der Waals surface area contributed by atoms with E-state index in [1.807, 2.05) is 49.4 Å². The molecule has 4 aromatic carbocycles. The first kappa shape index (κ1) is 35.3. The molecule has 0 fully saturated rings. The van der Waals surface area contributed by atoms with Crippen LogP contribution in [0.25, 0.3) is 0 Å². The molecule has 0 saturated carbocycles. The Hall–Kier alpha value is -6.05. The van der Waals surface area contributed by atoms with Gasteiger partial charge in [0.2, 0.25) is 17.8 Å². The fourth-order valence-corrected chi connectivity index (χ4v) is 4.67. The highest BCUT2D eigenvalue weighted by Crippen LogP contribution is 2.21. The fourth-order valence-electron chi connectivity index (χ4n) is 4.67. The summed E-state index contributed by atoms with van der Waals surface area (Å²) in [6.45, 7) is 4.79. The SMILES string of the molecule is Cc1cccc(CNC(=O)c2ccc(Nc3nc(NCCOCCOCCNC(=O)c4ccccc4)nc(Nc4ccc(O)cc4)n3)cc2)c1. The molecule has 0 saturated heterocycles. The molecule has 13 heteroatoms. The highest BCUT2D eigenvalue weighted by atomic mass is 16.5. The van der Waals surface area contributed by atoms with E-state index in [1.54, 1.807) is 60.7 Å². The molecule has 0 aliphatic carbocycles. The Morgan fingerprint density at radius 1 is 0.620 bits per heavy atom. The van der Waals surface area contributed by atoms with Crippen LogP contribution in [-0.2, 0) is 16.0 Å². The minimum atomic E-state index is -0.175. The number of aryl methyl sites for hydroxylation is 1. The lowest BCUT2D eigenvalue weighted by atomic mass is 10.1. The summed E-state index contributed by atoms with van der Waals surface area (Å²) in [6, 6.07) is 30.6. The number of ether oxygens (including phenoxy) is 2. The summed E-state index contributed by atoms with van der Waals surface area (Å²) < 4.78 is 11.2. The molecule has 0 spiro atoms. The van der Waals surface area contributed by atoms with E-state index in [0.717, 1.165) is 11.1 Å². The fraction of sp³-hybridized carbons (Fsp3) is 0.216. The van der Waals surface area contributed by atoms with Crippen LogP contribution >= 0.6 is 0 Å². The van der Waals surface area contributed by atoms with Crippen molar-refractivity contribution in [2.24, 2.45) is 0 Å². The highest BCUT2D eigenvalue weighted by molar-refractivity contribution is 5.94. The molecule has 50 heavy (non-hydrogen) atoms. The minimum absolute atomic E-state index is 0.137. The normalized spacial score (nSPS) is 10.7. The summed E-state index contributed by atoms with van der Waals surface area (Å²) >= 11 is 0. The number of carbonyl (C=O) groups excluding carboxylic acids is 2. The van der Waals surface area contributed by atoms with Gasteiger partial charge in [0.15, 0.2) is 0 Å². The van der Waals surface area contributed by atoms with Crippen LogP contribution in [0, 0.1) is 6.92 Å². The monoisotopic (exact) mass is 676 g/mol. The van der Waals surface area contributed by atoms with E-state index in [9.17, 15) is 14.7 Å². The first-order valence-electron chi connectivity index (χ1n) is 16.2. The molecule has 0 unspecified atom stereocenters. The first-order valence-corrected chi connectivity index (χ1v) is 16.2. The number of aromatic hydroxyl groups is 1. The van der Waals surface area contributed by atoms with Gasteiger partial charge in [-0.1, -0.05) is 48.0 Å². The van der Waals surface area contributed by atoms with Gasteiger partial charge < -0.3 is 41.2 Å². The quantitative estimate of drug-likeness (QED) is 0.0534. The standard InChI is InChI=1S/C37H40N8O5/c1-26-6-5-7-27(24-26)25-40-34(48)29-10-12-30(13-11-29)41-36-43-35(44-37(45-36)42-31-14-16-32(46)17-15-31)39-19-21-50-23-22-49-20-18-38-33(47)28-8-3-2-4-9-28/h2-17,24,46H,18-23,25H2,1H3,(H,38,47)(H,40,48)(H3,39,41,42,43,44,45). The molecular weight excluding hydrogens is 636 g/mol. The predicted molar refractivity (Wildman–Crippen MR) is 192 cm³/mol. The van der Waals surface area contributed by atoms with Gasteiger partial charge in [0.25, 0.3) is 11.8 Å². The third kappa shape index (κ3) is 11.6. The molecule has 5 rings (SSSR count). The van der Waals surface area contributed by atoms with Crippen LogP contribution < -0.4 is 26.6 Å². The van der Waals surface area contributed by atoms with Crippen molar-refractivity contribution >= 4 is 41.0 Å². The van der Waals surface area contributed by atoms with E-state index < -0.39 is 0 Å². The van der Waals surface area contributed by atoms with E-state index in [4.69, 9.17) is 9.47 Å². The summed E-state index contributed by atoms with van der Waals surface area (Å²) in [4.78, 5) is 38.2. The molecule has 0 aliphatic heterocycles. The second-order valence-corrected chi connectivity index (χ2v) is 11.1. The molecule has 0 radical (unpaired) electrons. The number of nitrogens with zero attached hydrogens (tertiary/aromatic N) is 3. The van der Waals surface area contributed by atoms with Crippen molar-refractivity contribution in [2.75, 3.05) is 55.5 Å². The van der Waals surface area contributed by atoms with Crippen LogP contribution in [0.1, 0.15) is 31.8 Å². The van der Waals surface area contributed by atoms with Crippen molar-refractivity contribution in [3.05, 3.63) is 125 Å². The summed E-state index contributed by atoms with van der Waals surface area (Å²) in [5.41, 5.74) is 4.66. The third-order valence-electron chi connectivity index (χ3n) is 7.17. The van der Waals surface area contributed by atoms with Crippen molar-refractivity contribution in [3.63, 3.8) is 0 Å². The number of phenols is 1. The Bertz CT molecular complexity index is 1820. The molecule has 6 N–H and O–H groups in total. The molecule has 13 nitrogen and oxygen atoms in total. The maximum absolute atomic E-state index is 12.7. The number of hydrogen-bond donors (Lipinski definition) is 6. The number of hydrogen-bond acceptors (Lipinski definition) is 11. The van der Waals surface area contributed by atoms with Gasteiger partial charge in [-0.15, -0.1) is 0 Å². The lowest BCUT2D eigenvalue weighted by Gasteiger charge is -2.12.